The monoisotopic (exact) mass is 352 g/mol. The first-order valence-corrected chi connectivity index (χ1v) is 9.89. The summed E-state index contributed by atoms with van der Waals surface area (Å²) in [4.78, 5) is 0. The zero-order chi connectivity index (χ0) is 17.7. The van der Waals surface area contributed by atoms with Gasteiger partial charge in [-0.1, -0.05) is 12.1 Å². The molecule has 1 N–H and O–H groups in total. The van der Waals surface area contributed by atoms with Crippen LogP contribution in [-0.4, -0.2) is 49.0 Å². The van der Waals surface area contributed by atoms with E-state index in [-0.39, 0.29) is 17.3 Å². The Morgan fingerprint density at radius 2 is 2.15 bits per heavy atom. The number of likely N-dealkylation sites (tertiary alicyclic amines) is 1. The number of benzene rings is 1. The summed E-state index contributed by atoms with van der Waals surface area (Å²) in [6.45, 7) is 2.47. The van der Waals surface area contributed by atoms with Crippen molar-refractivity contribution in [3.05, 3.63) is 46.7 Å². The third-order valence-electron chi connectivity index (χ3n) is 7.70. The lowest BCUT2D eigenvalue weighted by Crippen LogP contribution is -2.67. The van der Waals surface area contributed by atoms with Gasteiger partial charge >= 0.3 is 0 Å². The molecule has 2 fully saturated rings. The summed E-state index contributed by atoms with van der Waals surface area (Å²) in [6, 6.07) is 4.45. The predicted octanol–water partition coefficient (Wildman–Crippen LogP) is 3.05. The lowest BCUT2D eigenvalue weighted by Gasteiger charge is -2.57. The third kappa shape index (κ3) is 1.65. The molecule has 1 spiro atoms. The van der Waals surface area contributed by atoms with E-state index in [9.17, 15) is 5.11 Å². The molecule has 1 aromatic carbocycles. The topological polar surface area (TPSA) is 38.7 Å². The summed E-state index contributed by atoms with van der Waals surface area (Å²) in [5.41, 5.74) is 3.97. The van der Waals surface area contributed by atoms with Crippen LogP contribution < -0.4 is 4.74 Å². The van der Waals surface area contributed by atoms with Crippen molar-refractivity contribution in [2.24, 2.45) is 5.92 Å². The second-order valence-electron chi connectivity index (χ2n) is 9.11. The Labute approximate surface area is 154 Å². The number of phenols is 1. The van der Waals surface area contributed by atoms with Gasteiger partial charge in [-0.05, 0) is 30.5 Å². The Kier molecular flexibility index (Phi) is 2.72. The van der Waals surface area contributed by atoms with Gasteiger partial charge in [0.15, 0.2) is 17.6 Å². The van der Waals surface area contributed by atoms with Crippen LogP contribution in [0.25, 0.3) is 0 Å². The number of rotatable bonds is 3. The molecule has 4 nitrogen and oxygen atoms in total. The average Bonchev–Trinajstić information content (AvgIpc) is 3.37. The first-order valence-electron chi connectivity index (χ1n) is 9.89. The first-order chi connectivity index (χ1) is 12.6. The van der Waals surface area contributed by atoms with Crippen molar-refractivity contribution in [3.8, 4) is 11.5 Å². The maximum Gasteiger partial charge on any atom is 0.169 e. The van der Waals surface area contributed by atoms with Crippen LogP contribution in [0.5, 0.6) is 11.5 Å². The molecule has 1 saturated carbocycles. The quantitative estimate of drug-likeness (QED) is 0.850. The SMILES string of the molecule is COC1=CC=C2[C@@H]3Cc4ccc(O)c5c4[C@@]2(CC[N@@+]3(C)CC2CC2)[C@H]1O5. The van der Waals surface area contributed by atoms with Gasteiger partial charge in [-0.3, -0.25) is 0 Å². The molecular formula is C22H26NO3+. The summed E-state index contributed by atoms with van der Waals surface area (Å²) in [7, 11) is 4.19. The number of hydrogen-bond donors (Lipinski definition) is 1. The molecule has 5 aliphatic rings. The van der Waals surface area contributed by atoms with E-state index in [0.717, 1.165) is 29.0 Å². The molecule has 3 aliphatic carbocycles. The van der Waals surface area contributed by atoms with Crippen molar-refractivity contribution in [2.75, 3.05) is 27.2 Å². The van der Waals surface area contributed by atoms with Crippen LogP contribution in [0.4, 0.5) is 0 Å². The Balaban J connectivity index is 1.59. The molecule has 0 unspecified atom stereocenters. The molecule has 6 rings (SSSR count). The number of ether oxygens (including phenoxy) is 2. The predicted molar refractivity (Wildman–Crippen MR) is 98.1 cm³/mol. The summed E-state index contributed by atoms with van der Waals surface area (Å²) < 4.78 is 13.2. The molecule has 2 aliphatic heterocycles. The number of methoxy groups -OCH3 is 1. The van der Waals surface area contributed by atoms with E-state index < -0.39 is 0 Å². The summed E-state index contributed by atoms with van der Waals surface area (Å²) in [5.74, 6) is 2.76. The van der Waals surface area contributed by atoms with Crippen LogP contribution in [0, 0.1) is 5.92 Å². The summed E-state index contributed by atoms with van der Waals surface area (Å²) in [5, 5.41) is 10.5. The number of piperidine rings is 1. The van der Waals surface area contributed by atoms with Gasteiger partial charge in [-0.25, -0.2) is 0 Å². The van der Waals surface area contributed by atoms with Gasteiger partial charge in [0.05, 0.1) is 32.7 Å². The van der Waals surface area contributed by atoms with Crippen molar-refractivity contribution in [3.63, 3.8) is 0 Å². The minimum Gasteiger partial charge on any atom is -0.504 e. The van der Waals surface area contributed by atoms with E-state index in [4.69, 9.17) is 9.47 Å². The van der Waals surface area contributed by atoms with Crippen molar-refractivity contribution >= 4 is 0 Å². The fraction of sp³-hybridized carbons (Fsp3) is 0.545. The van der Waals surface area contributed by atoms with Gasteiger partial charge in [-0.15, -0.1) is 0 Å². The molecule has 0 aromatic heterocycles. The van der Waals surface area contributed by atoms with E-state index in [1.54, 1.807) is 7.11 Å². The zero-order valence-electron chi connectivity index (χ0n) is 15.5. The Hall–Kier alpha value is -1.94. The highest BCUT2D eigenvalue weighted by molar-refractivity contribution is 5.66. The fourth-order valence-electron chi connectivity index (χ4n) is 6.30. The van der Waals surface area contributed by atoms with Crippen molar-refractivity contribution in [2.45, 2.75) is 43.2 Å². The minimum atomic E-state index is -0.145. The van der Waals surface area contributed by atoms with Crippen LogP contribution >= 0.6 is 0 Å². The number of nitrogens with zero attached hydrogens (tertiary/aromatic N) is 1. The molecule has 4 heteroatoms. The maximum atomic E-state index is 10.5. The van der Waals surface area contributed by atoms with Gasteiger partial charge in [0, 0.05) is 29.9 Å². The van der Waals surface area contributed by atoms with Crippen LogP contribution in [0.1, 0.15) is 30.4 Å². The fourth-order valence-corrected chi connectivity index (χ4v) is 6.30. The number of likely N-dealkylation sites (N-methyl/N-ethyl adjacent to an activating group) is 1. The molecule has 26 heavy (non-hydrogen) atoms. The van der Waals surface area contributed by atoms with Gasteiger partial charge in [0.2, 0.25) is 0 Å². The highest BCUT2D eigenvalue weighted by atomic mass is 16.5. The zero-order valence-corrected chi connectivity index (χ0v) is 15.5. The van der Waals surface area contributed by atoms with Crippen LogP contribution in [0.3, 0.4) is 0 Å². The standard InChI is InChI=1S/C22H25NO3/c1-23(12-13-3-4-13)10-9-22-15-6-8-18(25-2)21(22)26-20-17(24)7-5-14(19(20)22)11-16(15)23/h5-8,13,16,21H,3-4,9-12H2,1-2H3/p+1/t16-,21-,22-,23-/m0/s1. The number of allylic oxidation sites excluding steroid dienone is 2. The van der Waals surface area contributed by atoms with Crippen LogP contribution in [0.15, 0.2) is 35.6 Å². The molecule has 1 aromatic rings. The Bertz CT molecular complexity index is 884. The number of quaternary nitrogens is 1. The number of phenolic OH excluding ortho intramolecular Hbond substituents is 1. The first kappa shape index (κ1) is 15.2. The number of aromatic hydroxyl groups is 1. The molecule has 2 heterocycles. The van der Waals surface area contributed by atoms with E-state index in [0.29, 0.717) is 11.8 Å². The second kappa shape index (κ2) is 4.66. The largest absolute Gasteiger partial charge is 0.504 e. The van der Waals surface area contributed by atoms with Gasteiger partial charge in [0.1, 0.15) is 11.8 Å². The normalized spacial score (nSPS) is 38.8. The second-order valence-corrected chi connectivity index (χ2v) is 9.11. The number of hydrogen-bond acceptors (Lipinski definition) is 3. The van der Waals surface area contributed by atoms with Crippen LogP contribution in [-0.2, 0) is 16.6 Å². The molecule has 4 atom stereocenters. The molecular weight excluding hydrogens is 326 g/mol. The lowest BCUT2D eigenvalue weighted by molar-refractivity contribution is -0.935. The smallest absolute Gasteiger partial charge is 0.169 e. The molecule has 2 bridgehead atoms. The van der Waals surface area contributed by atoms with Gasteiger partial charge in [0.25, 0.3) is 0 Å². The van der Waals surface area contributed by atoms with Crippen molar-refractivity contribution in [1.29, 1.82) is 0 Å². The van der Waals surface area contributed by atoms with Gasteiger partial charge in [-0.2, -0.15) is 0 Å². The minimum absolute atomic E-state index is 0.132. The lowest BCUT2D eigenvalue weighted by atomic mass is 9.56. The molecule has 136 valence electrons. The van der Waals surface area contributed by atoms with Crippen molar-refractivity contribution in [1.82, 2.24) is 0 Å². The van der Waals surface area contributed by atoms with E-state index in [1.165, 1.54) is 42.6 Å². The molecule has 1 saturated heterocycles. The Morgan fingerprint density at radius 3 is 2.92 bits per heavy atom. The van der Waals surface area contributed by atoms with E-state index in [1.807, 2.05) is 6.07 Å². The average molecular weight is 352 g/mol. The van der Waals surface area contributed by atoms with Crippen LogP contribution in [0.2, 0.25) is 0 Å². The molecule has 0 amide bonds. The van der Waals surface area contributed by atoms with Gasteiger partial charge < -0.3 is 19.1 Å². The van der Waals surface area contributed by atoms with E-state index >= 15 is 0 Å². The third-order valence-corrected chi connectivity index (χ3v) is 7.70. The van der Waals surface area contributed by atoms with Crippen molar-refractivity contribution < 1.29 is 19.1 Å². The highest BCUT2D eigenvalue weighted by Gasteiger charge is 2.66. The summed E-state index contributed by atoms with van der Waals surface area (Å²) >= 11 is 0. The maximum absolute atomic E-state index is 10.5. The highest BCUT2D eigenvalue weighted by Crippen LogP contribution is 2.63. The van der Waals surface area contributed by atoms with E-state index in [2.05, 4.69) is 25.3 Å². The molecule has 0 radical (unpaired) electrons. The summed E-state index contributed by atoms with van der Waals surface area (Å²) in [6.07, 6.45) is 9.20. The Morgan fingerprint density at radius 1 is 1.31 bits per heavy atom.